The first-order chi connectivity index (χ1) is 9.59. The zero-order chi connectivity index (χ0) is 16.1. The molecular weight excluding hydrogens is 308 g/mol. The molecule has 0 saturated heterocycles. The van der Waals surface area contributed by atoms with E-state index in [1.807, 2.05) is 14.2 Å². The molecule has 21 heavy (non-hydrogen) atoms. The van der Waals surface area contributed by atoms with Gasteiger partial charge in [0.05, 0.1) is 16.1 Å². The van der Waals surface area contributed by atoms with Crippen LogP contribution in [0.4, 0.5) is 0 Å². The van der Waals surface area contributed by atoms with Crippen LogP contribution in [-0.2, 0) is 8.85 Å². The van der Waals surface area contributed by atoms with Crippen LogP contribution in [-0.4, -0.2) is 38.9 Å². The number of hydrogen-bond donors (Lipinski definition) is 0. The van der Waals surface area contributed by atoms with E-state index in [4.69, 9.17) is 8.85 Å². The number of allylic oxidation sites excluding steroid dienone is 2. The van der Waals surface area contributed by atoms with Crippen molar-refractivity contribution in [2.75, 3.05) is 14.2 Å². The second-order valence-electron chi connectivity index (χ2n) is 8.44. The van der Waals surface area contributed by atoms with Gasteiger partial charge in [-0.2, -0.15) is 0 Å². The van der Waals surface area contributed by atoms with Gasteiger partial charge in [-0.3, -0.25) is 0 Å². The third-order valence-electron chi connectivity index (χ3n) is 4.80. The molecule has 1 aliphatic heterocycles. The van der Waals surface area contributed by atoms with Crippen LogP contribution in [0.1, 0.15) is 25.7 Å². The largest absolute Gasteiger partial charge is 0.392 e. The molecule has 0 unspecified atom stereocenters. The SMILES string of the molecule is CO[Si]1(OC)C([Si](C)(C)C)=C2CCCCC2=C1[Si](C)(C)C. The van der Waals surface area contributed by atoms with Crippen molar-refractivity contribution in [1.82, 2.24) is 0 Å². The second kappa shape index (κ2) is 5.60. The summed E-state index contributed by atoms with van der Waals surface area (Å²) < 4.78 is 12.6. The molecule has 120 valence electrons. The summed E-state index contributed by atoms with van der Waals surface area (Å²) in [5, 5.41) is 0. The van der Waals surface area contributed by atoms with Crippen LogP contribution in [0.25, 0.3) is 0 Å². The van der Waals surface area contributed by atoms with E-state index in [9.17, 15) is 0 Å². The van der Waals surface area contributed by atoms with Crippen molar-refractivity contribution in [1.29, 1.82) is 0 Å². The van der Waals surface area contributed by atoms with Crippen molar-refractivity contribution in [3.05, 3.63) is 20.8 Å². The summed E-state index contributed by atoms with van der Waals surface area (Å²) in [6, 6.07) is 0. The summed E-state index contributed by atoms with van der Waals surface area (Å²) in [6.45, 7) is 14.8. The van der Waals surface area contributed by atoms with Gasteiger partial charge in [-0.1, -0.05) is 39.3 Å². The Balaban J connectivity index is 2.77. The average molecular weight is 341 g/mol. The molecule has 0 bridgehead atoms. The quantitative estimate of drug-likeness (QED) is 0.688. The lowest BCUT2D eigenvalue weighted by atomic mass is 9.92. The van der Waals surface area contributed by atoms with Crippen molar-refractivity contribution in [3.63, 3.8) is 0 Å². The van der Waals surface area contributed by atoms with Gasteiger partial charge in [-0.25, -0.2) is 0 Å². The van der Waals surface area contributed by atoms with Gasteiger partial charge in [0.25, 0.3) is 0 Å². The van der Waals surface area contributed by atoms with E-state index in [-0.39, 0.29) is 0 Å². The lowest BCUT2D eigenvalue weighted by Gasteiger charge is -2.38. The maximum atomic E-state index is 6.29. The molecule has 0 aromatic heterocycles. The molecular formula is C16H32O2Si3. The van der Waals surface area contributed by atoms with Gasteiger partial charge >= 0.3 is 8.56 Å². The smallest absolute Gasteiger partial charge is 0.390 e. The molecule has 1 saturated carbocycles. The summed E-state index contributed by atoms with van der Waals surface area (Å²) in [5.41, 5.74) is 3.35. The predicted molar refractivity (Wildman–Crippen MR) is 99.0 cm³/mol. The molecule has 0 aromatic carbocycles. The minimum Gasteiger partial charge on any atom is -0.392 e. The van der Waals surface area contributed by atoms with Crippen LogP contribution in [0.2, 0.25) is 39.3 Å². The molecule has 0 amide bonds. The van der Waals surface area contributed by atoms with Crippen LogP contribution in [0, 0.1) is 0 Å². The van der Waals surface area contributed by atoms with Gasteiger partial charge in [0, 0.05) is 14.2 Å². The number of fused-ring (bicyclic) bond motifs is 1. The maximum Gasteiger partial charge on any atom is 0.390 e. The third kappa shape index (κ3) is 2.72. The van der Waals surface area contributed by atoms with Crippen molar-refractivity contribution < 1.29 is 8.85 Å². The van der Waals surface area contributed by atoms with Crippen molar-refractivity contribution >= 4 is 24.7 Å². The zero-order valence-corrected chi connectivity index (χ0v) is 18.1. The topological polar surface area (TPSA) is 18.5 Å². The molecule has 2 aliphatic rings. The van der Waals surface area contributed by atoms with Crippen LogP contribution < -0.4 is 0 Å². The molecule has 0 aromatic rings. The van der Waals surface area contributed by atoms with Crippen LogP contribution in [0.5, 0.6) is 0 Å². The fourth-order valence-electron chi connectivity index (χ4n) is 4.36. The highest BCUT2D eigenvalue weighted by Crippen LogP contribution is 2.51. The first-order valence-electron chi connectivity index (χ1n) is 8.18. The second-order valence-corrected chi connectivity index (χ2v) is 22.5. The Hall–Kier alpha value is 0.0506. The molecule has 0 atom stereocenters. The highest BCUT2D eigenvalue weighted by Gasteiger charge is 2.58. The molecule has 0 spiro atoms. The third-order valence-corrected chi connectivity index (χ3v) is 18.0. The van der Waals surface area contributed by atoms with Crippen LogP contribution in [0.15, 0.2) is 20.8 Å². The minimum atomic E-state index is -2.36. The van der Waals surface area contributed by atoms with Crippen molar-refractivity contribution in [2.45, 2.75) is 65.0 Å². The molecule has 0 N–H and O–H groups in total. The lowest BCUT2D eigenvalue weighted by molar-refractivity contribution is 0.267. The maximum absolute atomic E-state index is 6.29. The Labute approximate surface area is 133 Å². The standard InChI is InChI=1S/C16H32O2Si3/c1-17-21(18-2)15(19(3,4)5)13-11-9-10-12-14(13)16(21)20(6,7)8/h9-12H2,1-8H3. The van der Waals surface area contributed by atoms with Gasteiger partial charge in [0.1, 0.15) is 0 Å². The van der Waals surface area contributed by atoms with Gasteiger partial charge in [0.15, 0.2) is 0 Å². The summed E-state index contributed by atoms with van der Waals surface area (Å²) in [5.74, 6) is 0. The van der Waals surface area contributed by atoms with Crippen molar-refractivity contribution in [3.8, 4) is 0 Å². The van der Waals surface area contributed by atoms with Gasteiger partial charge in [-0.15, -0.1) is 0 Å². The van der Waals surface area contributed by atoms with E-state index in [1.165, 1.54) is 25.7 Å². The monoisotopic (exact) mass is 340 g/mol. The van der Waals surface area contributed by atoms with E-state index < -0.39 is 24.7 Å². The van der Waals surface area contributed by atoms with Crippen molar-refractivity contribution in [2.24, 2.45) is 0 Å². The summed E-state index contributed by atoms with van der Waals surface area (Å²) in [6.07, 6.45) is 5.18. The van der Waals surface area contributed by atoms with Crippen LogP contribution in [0.3, 0.4) is 0 Å². The summed E-state index contributed by atoms with van der Waals surface area (Å²) >= 11 is 0. The molecule has 5 heteroatoms. The highest BCUT2D eigenvalue weighted by atomic mass is 28.4. The average Bonchev–Trinajstić information content (AvgIpc) is 2.68. The number of hydrogen-bond acceptors (Lipinski definition) is 2. The Morgan fingerprint density at radius 2 is 1.05 bits per heavy atom. The fourth-order valence-corrected chi connectivity index (χ4v) is 19.6. The molecule has 1 heterocycles. The zero-order valence-electron chi connectivity index (χ0n) is 15.1. The number of rotatable bonds is 4. The Kier molecular flexibility index (Phi) is 4.64. The van der Waals surface area contributed by atoms with Crippen LogP contribution >= 0.6 is 0 Å². The Morgan fingerprint density at radius 1 is 0.714 bits per heavy atom. The molecule has 1 fully saturated rings. The normalized spacial score (nSPS) is 22.9. The van der Waals surface area contributed by atoms with E-state index in [1.54, 1.807) is 20.8 Å². The molecule has 1 aliphatic carbocycles. The highest BCUT2D eigenvalue weighted by molar-refractivity contribution is 7.13. The lowest BCUT2D eigenvalue weighted by Crippen LogP contribution is -2.56. The summed E-state index contributed by atoms with van der Waals surface area (Å²) in [4.78, 5) is 3.32. The minimum absolute atomic E-state index is 1.25. The van der Waals surface area contributed by atoms with Gasteiger partial charge < -0.3 is 8.85 Å². The molecule has 2 nitrogen and oxygen atoms in total. The van der Waals surface area contributed by atoms with E-state index >= 15 is 0 Å². The van der Waals surface area contributed by atoms with Gasteiger partial charge in [0.2, 0.25) is 0 Å². The van der Waals surface area contributed by atoms with Gasteiger partial charge in [-0.05, 0) is 46.5 Å². The molecule has 2 rings (SSSR count). The Morgan fingerprint density at radius 3 is 1.29 bits per heavy atom. The van der Waals surface area contributed by atoms with E-state index in [0.717, 1.165) is 0 Å². The van der Waals surface area contributed by atoms with E-state index in [0.29, 0.717) is 0 Å². The Bertz CT molecular complexity index is 447. The fraction of sp³-hybridized carbons (Fsp3) is 0.750. The predicted octanol–water partition coefficient (Wildman–Crippen LogP) is 4.74. The first-order valence-corrected chi connectivity index (χ1v) is 17.0. The van der Waals surface area contributed by atoms with E-state index in [2.05, 4.69) is 39.3 Å². The summed E-state index contributed by atoms with van der Waals surface area (Å²) in [7, 11) is -1.48. The molecule has 0 radical (unpaired) electrons. The first kappa shape index (κ1) is 17.4.